The highest BCUT2D eigenvalue weighted by Crippen LogP contribution is 2.23. The van der Waals surface area contributed by atoms with Gasteiger partial charge in [-0.05, 0) is 48.0 Å². The van der Waals surface area contributed by atoms with Gasteiger partial charge in [-0.1, -0.05) is 17.3 Å². The van der Waals surface area contributed by atoms with Crippen molar-refractivity contribution >= 4 is 5.91 Å². The average molecular weight is 446 g/mol. The van der Waals surface area contributed by atoms with Crippen LogP contribution in [0.4, 0.5) is 0 Å². The third-order valence-electron chi connectivity index (χ3n) is 4.97. The first-order chi connectivity index (χ1) is 16.1. The van der Waals surface area contributed by atoms with Crippen molar-refractivity contribution in [1.29, 1.82) is 0 Å². The molecule has 4 rings (SSSR count). The number of ether oxygens (including phenoxy) is 2. The van der Waals surface area contributed by atoms with Gasteiger partial charge >= 0.3 is 0 Å². The van der Waals surface area contributed by atoms with Crippen LogP contribution in [-0.4, -0.2) is 34.8 Å². The molecule has 0 aliphatic carbocycles. The first-order valence-electron chi connectivity index (χ1n) is 10.1. The van der Waals surface area contributed by atoms with Gasteiger partial charge < -0.3 is 23.9 Å². The molecule has 168 valence electrons. The lowest BCUT2D eigenvalue weighted by molar-refractivity contribution is -0.121. The number of methoxy groups -OCH3 is 2. The van der Waals surface area contributed by atoms with E-state index in [-0.39, 0.29) is 23.9 Å². The molecule has 0 radical (unpaired) electrons. The van der Waals surface area contributed by atoms with Crippen LogP contribution in [0.15, 0.2) is 76.2 Å². The summed E-state index contributed by atoms with van der Waals surface area (Å²) in [6.45, 7) is 0.203. The van der Waals surface area contributed by atoms with Gasteiger partial charge in [0, 0.05) is 24.4 Å². The second-order valence-electron chi connectivity index (χ2n) is 7.16. The van der Waals surface area contributed by atoms with Crippen LogP contribution < -0.4 is 20.3 Å². The topological polar surface area (TPSA) is 108 Å². The van der Waals surface area contributed by atoms with Crippen molar-refractivity contribution in [1.82, 2.24) is 20.0 Å². The second kappa shape index (κ2) is 9.82. The van der Waals surface area contributed by atoms with Crippen LogP contribution in [0.2, 0.25) is 0 Å². The predicted molar refractivity (Wildman–Crippen MR) is 121 cm³/mol. The third-order valence-corrected chi connectivity index (χ3v) is 4.97. The number of carbonyl (C=O) groups excluding carboxylic acids is 1. The zero-order valence-electron chi connectivity index (χ0n) is 18.1. The van der Waals surface area contributed by atoms with Crippen LogP contribution in [0.5, 0.6) is 11.5 Å². The standard InChI is InChI=1S/C24H22N4O5/c1-31-19-8-3-16(4-9-19)13-25-21(29)15-28-14-18(7-12-22(28)30)24-26-23(27-33-24)17-5-10-20(32-2)11-6-17/h3-12,14H,13,15H2,1-2H3,(H,25,29). The van der Waals surface area contributed by atoms with Gasteiger partial charge in [-0.15, -0.1) is 0 Å². The molecule has 1 N–H and O–H groups in total. The van der Waals surface area contributed by atoms with E-state index < -0.39 is 0 Å². The summed E-state index contributed by atoms with van der Waals surface area (Å²) in [5.74, 6) is 1.81. The number of nitrogens with zero attached hydrogens (tertiary/aromatic N) is 3. The molecule has 2 aromatic heterocycles. The Balaban J connectivity index is 1.44. The molecule has 0 saturated carbocycles. The van der Waals surface area contributed by atoms with E-state index in [4.69, 9.17) is 14.0 Å². The Labute approximate surface area is 189 Å². The highest BCUT2D eigenvalue weighted by atomic mass is 16.5. The average Bonchev–Trinajstić information content (AvgIpc) is 3.35. The number of benzene rings is 2. The summed E-state index contributed by atoms with van der Waals surface area (Å²) in [6.07, 6.45) is 1.53. The Hall–Kier alpha value is -4.40. The molecule has 0 fully saturated rings. The fraction of sp³-hybridized carbons (Fsp3) is 0.167. The molecule has 0 unspecified atom stereocenters. The zero-order valence-corrected chi connectivity index (χ0v) is 18.1. The molecule has 0 atom stereocenters. The molecule has 0 aliphatic rings. The third kappa shape index (κ3) is 5.27. The fourth-order valence-electron chi connectivity index (χ4n) is 3.13. The minimum atomic E-state index is -0.312. The molecular weight excluding hydrogens is 424 g/mol. The Morgan fingerprint density at radius 3 is 2.24 bits per heavy atom. The summed E-state index contributed by atoms with van der Waals surface area (Å²) >= 11 is 0. The van der Waals surface area contributed by atoms with Crippen LogP contribution in [0.25, 0.3) is 22.8 Å². The van der Waals surface area contributed by atoms with Crippen molar-refractivity contribution in [3.05, 3.63) is 82.8 Å². The maximum Gasteiger partial charge on any atom is 0.259 e. The summed E-state index contributed by atoms with van der Waals surface area (Å²) in [5, 5.41) is 6.81. The number of pyridine rings is 1. The van der Waals surface area contributed by atoms with Gasteiger partial charge in [-0.3, -0.25) is 9.59 Å². The molecule has 0 bridgehead atoms. The van der Waals surface area contributed by atoms with Crippen molar-refractivity contribution in [3.8, 4) is 34.3 Å². The first kappa shape index (κ1) is 21.8. The minimum absolute atomic E-state index is 0.137. The molecule has 0 spiro atoms. The van der Waals surface area contributed by atoms with E-state index >= 15 is 0 Å². The lowest BCUT2D eigenvalue weighted by atomic mass is 10.2. The molecule has 0 aliphatic heterocycles. The quantitative estimate of drug-likeness (QED) is 0.443. The highest BCUT2D eigenvalue weighted by molar-refractivity contribution is 5.75. The molecule has 9 heteroatoms. The fourth-order valence-corrected chi connectivity index (χ4v) is 3.13. The van der Waals surface area contributed by atoms with Gasteiger partial charge in [-0.2, -0.15) is 4.98 Å². The lowest BCUT2D eigenvalue weighted by Gasteiger charge is -2.09. The van der Waals surface area contributed by atoms with Gasteiger partial charge in [0.2, 0.25) is 11.7 Å². The number of rotatable bonds is 8. The largest absolute Gasteiger partial charge is 0.497 e. The second-order valence-corrected chi connectivity index (χ2v) is 7.16. The predicted octanol–water partition coefficient (Wildman–Crippen LogP) is 2.90. The minimum Gasteiger partial charge on any atom is -0.497 e. The molecule has 0 saturated heterocycles. The number of aromatic nitrogens is 3. The van der Waals surface area contributed by atoms with E-state index in [0.717, 1.165) is 22.6 Å². The highest BCUT2D eigenvalue weighted by Gasteiger charge is 2.13. The number of amides is 1. The molecule has 33 heavy (non-hydrogen) atoms. The van der Waals surface area contributed by atoms with Crippen molar-refractivity contribution in [3.63, 3.8) is 0 Å². The molecule has 2 heterocycles. The number of carbonyl (C=O) groups is 1. The Morgan fingerprint density at radius 2 is 1.58 bits per heavy atom. The Bertz CT molecular complexity index is 1290. The monoisotopic (exact) mass is 446 g/mol. The van der Waals surface area contributed by atoms with E-state index in [1.54, 1.807) is 32.4 Å². The maximum absolute atomic E-state index is 12.4. The number of hydrogen-bond acceptors (Lipinski definition) is 7. The zero-order chi connectivity index (χ0) is 23.2. The summed E-state index contributed by atoms with van der Waals surface area (Å²) in [5.41, 5.74) is 1.90. The summed E-state index contributed by atoms with van der Waals surface area (Å²) in [6, 6.07) is 17.6. The van der Waals surface area contributed by atoms with Crippen LogP contribution in [0.3, 0.4) is 0 Å². The van der Waals surface area contributed by atoms with Crippen LogP contribution in [0, 0.1) is 0 Å². The summed E-state index contributed by atoms with van der Waals surface area (Å²) < 4.78 is 16.9. The van der Waals surface area contributed by atoms with Crippen LogP contribution in [-0.2, 0) is 17.9 Å². The Morgan fingerprint density at radius 1 is 0.939 bits per heavy atom. The van der Waals surface area contributed by atoms with E-state index in [0.29, 0.717) is 17.9 Å². The normalized spacial score (nSPS) is 10.6. The van der Waals surface area contributed by atoms with Crippen molar-refractivity contribution in [2.45, 2.75) is 13.1 Å². The molecule has 4 aromatic rings. The van der Waals surface area contributed by atoms with Gasteiger partial charge in [0.15, 0.2) is 0 Å². The molecule has 2 aromatic carbocycles. The molecule has 9 nitrogen and oxygen atoms in total. The number of hydrogen-bond donors (Lipinski definition) is 1. The van der Waals surface area contributed by atoms with Gasteiger partial charge in [0.1, 0.15) is 18.0 Å². The van der Waals surface area contributed by atoms with Gasteiger partial charge in [-0.25, -0.2) is 0 Å². The first-order valence-corrected chi connectivity index (χ1v) is 10.1. The smallest absolute Gasteiger partial charge is 0.259 e. The van der Waals surface area contributed by atoms with Gasteiger partial charge in [0.05, 0.1) is 19.8 Å². The van der Waals surface area contributed by atoms with Crippen LogP contribution >= 0.6 is 0 Å². The Kier molecular flexibility index (Phi) is 6.49. The van der Waals surface area contributed by atoms with Crippen molar-refractivity contribution < 1.29 is 18.8 Å². The van der Waals surface area contributed by atoms with Crippen molar-refractivity contribution in [2.24, 2.45) is 0 Å². The summed E-state index contributed by atoms with van der Waals surface area (Å²) in [4.78, 5) is 29.1. The maximum atomic E-state index is 12.4. The van der Waals surface area contributed by atoms with E-state index in [1.807, 2.05) is 36.4 Å². The SMILES string of the molecule is COc1ccc(CNC(=O)Cn2cc(-c3nc(-c4ccc(OC)cc4)no3)ccc2=O)cc1. The van der Waals surface area contributed by atoms with E-state index in [1.165, 1.54) is 16.8 Å². The number of nitrogens with one attached hydrogen (secondary N) is 1. The van der Waals surface area contributed by atoms with Crippen LogP contribution in [0.1, 0.15) is 5.56 Å². The van der Waals surface area contributed by atoms with E-state index in [9.17, 15) is 9.59 Å². The van der Waals surface area contributed by atoms with Crippen molar-refractivity contribution in [2.75, 3.05) is 14.2 Å². The molecule has 1 amide bonds. The van der Waals surface area contributed by atoms with E-state index in [2.05, 4.69) is 15.5 Å². The van der Waals surface area contributed by atoms with Gasteiger partial charge in [0.25, 0.3) is 11.4 Å². The molecular formula is C24H22N4O5. The summed E-state index contributed by atoms with van der Waals surface area (Å²) in [7, 11) is 3.19. The lowest BCUT2D eigenvalue weighted by Crippen LogP contribution is -2.31.